The normalized spacial score (nSPS) is 10.4. The molecule has 0 aliphatic rings. The van der Waals surface area contributed by atoms with Crippen molar-refractivity contribution in [2.45, 2.75) is 12.1 Å². The van der Waals surface area contributed by atoms with Gasteiger partial charge in [0.2, 0.25) is 0 Å². The summed E-state index contributed by atoms with van der Waals surface area (Å²) in [5, 5.41) is 9.36. The Bertz CT molecular complexity index is 569. The molecule has 2 rings (SSSR count). The number of carboxylic acid groups (broad SMARTS) is 1. The Hall–Kier alpha value is -1.95. The average Bonchev–Trinajstić information content (AvgIpc) is 2.85. The van der Waals surface area contributed by atoms with Gasteiger partial charge in [0.1, 0.15) is 5.75 Å². The number of rotatable bonds is 6. The van der Waals surface area contributed by atoms with E-state index in [0.717, 1.165) is 11.4 Å². The molecule has 1 heterocycles. The molecule has 1 aromatic heterocycles. The Morgan fingerprint density at radius 3 is 3.00 bits per heavy atom. The zero-order chi connectivity index (χ0) is 13.7. The number of ether oxygens (including phenoxy) is 1. The van der Waals surface area contributed by atoms with Crippen LogP contribution in [0.3, 0.4) is 0 Å². The fraction of sp³-hybridized carbons (Fsp3) is 0.231. The Balaban J connectivity index is 2.31. The summed E-state index contributed by atoms with van der Waals surface area (Å²) in [7, 11) is 0. The number of thioether (sulfide) groups is 1. The molecule has 0 saturated carbocycles. The van der Waals surface area contributed by atoms with Crippen LogP contribution in [0.1, 0.15) is 6.92 Å². The molecule has 0 radical (unpaired) electrons. The van der Waals surface area contributed by atoms with Crippen molar-refractivity contribution >= 4 is 17.7 Å². The van der Waals surface area contributed by atoms with Crippen LogP contribution in [0.15, 0.2) is 41.8 Å². The highest BCUT2D eigenvalue weighted by atomic mass is 32.2. The van der Waals surface area contributed by atoms with Crippen LogP contribution in [0.2, 0.25) is 0 Å². The molecule has 0 atom stereocenters. The Morgan fingerprint density at radius 1 is 1.47 bits per heavy atom. The lowest BCUT2D eigenvalue weighted by atomic mass is 10.3. The highest BCUT2D eigenvalue weighted by Crippen LogP contribution is 2.27. The van der Waals surface area contributed by atoms with Crippen molar-refractivity contribution in [3.8, 4) is 11.4 Å². The second-order valence-corrected chi connectivity index (χ2v) is 4.61. The molecule has 19 heavy (non-hydrogen) atoms. The molecule has 0 bridgehead atoms. The van der Waals surface area contributed by atoms with Crippen LogP contribution in [0, 0.1) is 0 Å². The van der Waals surface area contributed by atoms with Crippen LogP contribution < -0.4 is 4.74 Å². The Labute approximate surface area is 115 Å². The maximum absolute atomic E-state index is 10.6. The smallest absolute Gasteiger partial charge is 0.313 e. The molecule has 0 unspecified atom stereocenters. The maximum Gasteiger partial charge on any atom is 0.313 e. The summed E-state index contributed by atoms with van der Waals surface area (Å²) in [4.78, 5) is 14.8. The summed E-state index contributed by atoms with van der Waals surface area (Å²) < 4.78 is 7.40. The lowest BCUT2D eigenvalue weighted by Gasteiger charge is -2.12. The van der Waals surface area contributed by atoms with E-state index in [9.17, 15) is 4.79 Å². The molecular formula is C13H14N2O3S. The zero-order valence-corrected chi connectivity index (χ0v) is 11.3. The molecule has 0 spiro atoms. The van der Waals surface area contributed by atoms with E-state index in [1.807, 2.05) is 35.8 Å². The van der Waals surface area contributed by atoms with E-state index in [1.54, 1.807) is 12.4 Å². The molecule has 0 aliphatic carbocycles. The quantitative estimate of drug-likeness (QED) is 0.822. The number of aliphatic carboxylic acids is 1. The molecule has 6 heteroatoms. The number of hydrogen-bond acceptors (Lipinski definition) is 4. The number of imidazole rings is 1. The van der Waals surface area contributed by atoms with E-state index < -0.39 is 5.97 Å². The third kappa shape index (κ3) is 3.29. The van der Waals surface area contributed by atoms with Crippen molar-refractivity contribution in [3.63, 3.8) is 0 Å². The fourth-order valence-corrected chi connectivity index (χ4v) is 2.33. The van der Waals surface area contributed by atoms with Gasteiger partial charge in [-0.05, 0) is 19.1 Å². The van der Waals surface area contributed by atoms with Gasteiger partial charge in [-0.15, -0.1) is 0 Å². The molecule has 0 saturated heterocycles. The number of carbonyl (C=O) groups is 1. The fourth-order valence-electron chi connectivity index (χ4n) is 1.64. The van der Waals surface area contributed by atoms with Crippen molar-refractivity contribution in [3.05, 3.63) is 36.7 Å². The molecule has 0 amide bonds. The topological polar surface area (TPSA) is 64.4 Å². The minimum atomic E-state index is -0.863. The van der Waals surface area contributed by atoms with Gasteiger partial charge in [-0.1, -0.05) is 23.9 Å². The van der Waals surface area contributed by atoms with Crippen molar-refractivity contribution in [2.24, 2.45) is 0 Å². The van der Waals surface area contributed by atoms with E-state index in [0.29, 0.717) is 11.8 Å². The molecular weight excluding hydrogens is 264 g/mol. The molecule has 2 aromatic rings. The predicted octanol–water partition coefficient (Wildman–Crippen LogP) is 2.45. The standard InChI is InChI=1S/C13H14N2O3S/c1-2-18-11-6-4-3-5-10(11)15-8-7-14-13(15)19-9-12(16)17/h3-8H,2,9H2,1H3,(H,16,17). The monoisotopic (exact) mass is 278 g/mol. The summed E-state index contributed by atoms with van der Waals surface area (Å²) in [5.74, 6) is -0.133. The SMILES string of the molecule is CCOc1ccccc1-n1ccnc1SCC(=O)O. The summed E-state index contributed by atoms with van der Waals surface area (Å²) in [6, 6.07) is 7.60. The van der Waals surface area contributed by atoms with E-state index >= 15 is 0 Å². The van der Waals surface area contributed by atoms with Crippen LogP contribution in [-0.4, -0.2) is 33.0 Å². The summed E-state index contributed by atoms with van der Waals surface area (Å²) in [6.45, 7) is 2.49. The lowest BCUT2D eigenvalue weighted by molar-refractivity contribution is -0.133. The molecule has 1 N–H and O–H groups in total. The van der Waals surface area contributed by atoms with Gasteiger partial charge >= 0.3 is 5.97 Å². The first kappa shape index (κ1) is 13.5. The highest BCUT2D eigenvalue weighted by Gasteiger charge is 2.11. The first-order valence-electron chi connectivity index (χ1n) is 5.82. The van der Waals surface area contributed by atoms with Gasteiger partial charge in [0, 0.05) is 12.4 Å². The minimum absolute atomic E-state index is 0.0200. The van der Waals surface area contributed by atoms with Gasteiger partial charge in [0.05, 0.1) is 18.0 Å². The van der Waals surface area contributed by atoms with Gasteiger partial charge < -0.3 is 9.84 Å². The molecule has 5 nitrogen and oxygen atoms in total. The van der Waals surface area contributed by atoms with Crippen LogP contribution in [0.25, 0.3) is 5.69 Å². The van der Waals surface area contributed by atoms with Gasteiger partial charge in [-0.2, -0.15) is 0 Å². The van der Waals surface area contributed by atoms with Crippen molar-refractivity contribution in [1.82, 2.24) is 9.55 Å². The van der Waals surface area contributed by atoms with Gasteiger partial charge in [0.25, 0.3) is 0 Å². The summed E-state index contributed by atoms with van der Waals surface area (Å²) in [6.07, 6.45) is 3.44. The van der Waals surface area contributed by atoms with Crippen LogP contribution >= 0.6 is 11.8 Å². The van der Waals surface area contributed by atoms with Crippen molar-refractivity contribution in [1.29, 1.82) is 0 Å². The average molecular weight is 278 g/mol. The third-order valence-electron chi connectivity index (χ3n) is 2.36. The number of carboxylic acids is 1. The Morgan fingerprint density at radius 2 is 2.26 bits per heavy atom. The second kappa shape index (κ2) is 6.29. The number of para-hydroxylation sites is 2. The van der Waals surface area contributed by atoms with Crippen molar-refractivity contribution in [2.75, 3.05) is 12.4 Å². The third-order valence-corrected chi connectivity index (χ3v) is 3.31. The van der Waals surface area contributed by atoms with Crippen molar-refractivity contribution < 1.29 is 14.6 Å². The van der Waals surface area contributed by atoms with Crippen LogP contribution in [0.4, 0.5) is 0 Å². The second-order valence-electron chi connectivity index (χ2n) is 3.66. The van der Waals surface area contributed by atoms with Crippen LogP contribution in [-0.2, 0) is 4.79 Å². The van der Waals surface area contributed by atoms with E-state index in [4.69, 9.17) is 9.84 Å². The molecule has 1 aromatic carbocycles. The summed E-state index contributed by atoms with van der Waals surface area (Å²) in [5.41, 5.74) is 0.856. The van der Waals surface area contributed by atoms with Gasteiger partial charge in [0.15, 0.2) is 5.16 Å². The number of nitrogens with zero attached hydrogens (tertiary/aromatic N) is 2. The number of benzene rings is 1. The highest BCUT2D eigenvalue weighted by molar-refractivity contribution is 7.99. The molecule has 0 fully saturated rings. The van der Waals surface area contributed by atoms with E-state index in [2.05, 4.69) is 4.98 Å². The predicted molar refractivity (Wildman–Crippen MR) is 73.1 cm³/mol. The minimum Gasteiger partial charge on any atom is -0.492 e. The van der Waals surface area contributed by atoms with Gasteiger partial charge in [-0.25, -0.2) is 4.98 Å². The van der Waals surface area contributed by atoms with Gasteiger partial charge in [-0.3, -0.25) is 9.36 Å². The first-order chi connectivity index (χ1) is 9.22. The maximum atomic E-state index is 10.6. The first-order valence-corrected chi connectivity index (χ1v) is 6.81. The lowest BCUT2D eigenvalue weighted by Crippen LogP contribution is -2.03. The number of aromatic nitrogens is 2. The van der Waals surface area contributed by atoms with E-state index in [-0.39, 0.29) is 5.75 Å². The largest absolute Gasteiger partial charge is 0.492 e. The summed E-state index contributed by atoms with van der Waals surface area (Å²) >= 11 is 1.18. The molecule has 100 valence electrons. The van der Waals surface area contributed by atoms with E-state index in [1.165, 1.54) is 11.8 Å². The molecule has 0 aliphatic heterocycles. The van der Waals surface area contributed by atoms with Crippen LogP contribution in [0.5, 0.6) is 5.75 Å². The zero-order valence-electron chi connectivity index (χ0n) is 10.4. The Kier molecular flexibility index (Phi) is 4.46. The number of hydrogen-bond donors (Lipinski definition) is 1.